The van der Waals surface area contributed by atoms with E-state index in [1.54, 1.807) is 0 Å². The van der Waals surface area contributed by atoms with Gasteiger partial charge >= 0.3 is 0 Å². The van der Waals surface area contributed by atoms with Gasteiger partial charge in [0.25, 0.3) is 0 Å². The third-order valence-electron chi connectivity index (χ3n) is 1.21. The normalized spacial score (nSPS) is 14.5. The first-order valence-electron chi connectivity index (χ1n) is 2.60. The molecule has 0 aromatic rings. The Balaban J connectivity index is 2.75. The van der Waals surface area contributed by atoms with Crippen LogP contribution in [0.1, 0.15) is 20.3 Å². The smallest absolute Gasteiger partial charge is 0.0825 e. The van der Waals surface area contributed by atoms with Crippen molar-refractivity contribution in [2.24, 2.45) is 0 Å². The van der Waals surface area contributed by atoms with Gasteiger partial charge in [-0.2, -0.15) is 0 Å². The molecule has 1 heteroatoms. The first-order valence-corrected chi connectivity index (χ1v) is 2.60. The molecule has 0 saturated heterocycles. The van der Waals surface area contributed by atoms with Crippen LogP contribution in [0.3, 0.4) is 0 Å². The second kappa shape index (κ2) is 3.16. The van der Waals surface area contributed by atoms with Gasteiger partial charge in [-0.1, -0.05) is 6.92 Å². The van der Waals surface area contributed by atoms with Gasteiger partial charge in [-0.25, -0.2) is 0 Å². The van der Waals surface area contributed by atoms with Gasteiger partial charge in [0.15, 0.2) is 0 Å². The van der Waals surface area contributed by atoms with Gasteiger partial charge < -0.3 is 5.32 Å². The lowest BCUT2D eigenvalue weighted by molar-refractivity contribution is -0.660. The highest BCUT2D eigenvalue weighted by Crippen LogP contribution is 1.75. The molecule has 0 aliphatic carbocycles. The fourth-order valence-corrected chi connectivity index (χ4v) is 0.236. The molecule has 0 radical (unpaired) electrons. The number of rotatable bonds is 2. The number of quaternary nitrogens is 1. The molecule has 0 aliphatic heterocycles. The van der Waals surface area contributed by atoms with Crippen molar-refractivity contribution in [3.8, 4) is 0 Å². The van der Waals surface area contributed by atoms with Crippen LogP contribution in [-0.4, -0.2) is 13.1 Å². The maximum absolute atomic E-state index is 2.22. The van der Waals surface area contributed by atoms with Crippen LogP contribution in [0.2, 0.25) is 0 Å². The van der Waals surface area contributed by atoms with Crippen LogP contribution in [0.15, 0.2) is 0 Å². The zero-order valence-corrected chi connectivity index (χ0v) is 4.86. The highest BCUT2D eigenvalue weighted by Gasteiger charge is 1.91. The van der Waals surface area contributed by atoms with Crippen LogP contribution in [0, 0.1) is 0 Å². The van der Waals surface area contributed by atoms with E-state index >= 15 is 0 Å². The topological polar surface area (TPSA) is 16.6 Å². The molecule has 0 bridgehead atoms. The first-order chi connectivity index (χ1) is 2.81. The van der Waals surface area contributed by atoms with E-state index in [0.29, 0.717) is 0 Å². The Hall–Kier alpha value is -0.0400. The third-order valence-corrected chi connectivity index (χ3v) is 1.21. The summed E-state index contributed by atoms with van der Waals surface area (Å²) in [6.45, 7) is 4.42. The average molecular weight is 88.2 g/mol. The Morgan fingerprint density at radius 2 is 2.17 bits per heavy atom. The van der Waals surface area contributed by atoms with Crippen molar-refractivity contribution in [1.82, 2.24) is 0 Å². The largest absolute Gasteiger partial charge is 0.347 e. The van der Waals surface area contributed by atoms with Gasteiger partial charge in [0.05, 0.1) is 13.1 Å². The summed E-state index contributed by atoms with van der Waals surface area (Å²) in [5.74, 6) is 0. The third kappa shape index (κ3) is 2.21. The van der Waals surface area contributed by atoms with Crippen LogP contribution in [0.25, 0.3) is 0 Å². The zero-order chi connectivity index (χ0) is 4.99. The molecule has 0 fully saturated rings. The Kier molecular flexibility index (Phi) is 3.14. The minimum Gasteiger partial charge on any atom is -0.347 e. The summed E-state index contributed by atoms with van der Waals surface area (Å²) < 4.78 is 0. The standard InChI is InChI=1S/C5H13N/c1-4-5(2)6-3/h5-6H,4H2,1-3H3/p+1/t5-/m1/s1. The fraction of sp³-hybridized carbons (Fsp3) is 1.00. The molecule has 0 unspecified atom stereocenters. The zero-order valence-electron chi connectivity index (χ0n) is 4.86. The highest BCUT2D eigenvalue weighted by molar-refractivity contribution is 4.33. The lowest BCUT2D eigenvalue weighted by Crippen LogP contribution is -2.85. The molecule has 0 heterocycles. The van der Waals surface area contributed by atoms with Gasteiger partial charge in [-0.05, 0) is 13.3 Å². The van der Waals surface area contributed by atoms with E-state index < -0.39 is 0 Å². The quantitative estimate of drug-likeness (QED) is 0.488. The maximum Gasteiger partial charge on any atom is 0.0825 e. The Labute approximate surface area is 39.7 Å². The SMILES string of the molecule is CC[C@@H](C)[NH2+]C. The van der Waals surface area contributed by atoms with Crippen molar-refractivity contribution in [2.75, 3.05) is 7.05 Å². The molecule has 38 valence electrons. The number of hydrogen-bond donors (Lipinski definition) is 1. The summed E-state index contributed by atoms with van der Waals surface area (Å²) in [6.07, 6.45) is 1.27. The lowest BCUT2D eigenvalue weighted by atomic mass is 10.3. The van der Waals surface area contributed by atoms with Crippen molar-refractivity contribution >= 4 is 0 Å². The summed E-state index contributed by atoms with van der Waals surface area (Å²) in [5.41, 5.74) is 0. The molecule has 6 heavy (non-hydrogen) atoms. The molecule has 0 aliphatic rings. The minimum atomic E-state index is 0.810. The van der Waals surface area contributed by atoms with Crippen LogP contribution in [-0.2, 0) is 0 Å². The molecule has 0 rings (SSSR count). The van der Waals surface area contributed by atoms with E-state index in [1.165, 1.54) is 6.42 Å². The van der Waals surface area contributed by atoms with E-state index in [1.807, 2.05) is 0 Å². The Morgan fingerprint density at radius 1 is 1.67 bits per heavy atom. The van der Waals surface area contributed by atoms with E-state index in [2.05, 4.69) is 26.2 Å². The summed E-state index contributed by atoms with van der Waals surface area (Å²) in [5, 5.41) is 2.22. The number of hydrogen-bond acceptors (Lipinski definition) is 0. The van der Waals surface area contributed by atoms with Gasteiger partial charge in [-0.15, -0.1) is 0 Å². The maximum atomic E-state index is 2.22. The lowest BCUT2D eigenvalue weighted by Gasteiger charge is -1.98. The summed E-state index contributed by atoms with van der Waals surface area (Å²) in [7, 11) is 2.11. The minimum absolute atomic E-state index is 0.810. The van der Waals surface area contributed by atoms with Gasteiger partial charge in [-0.3, -0.25) is 0 Å². The van der Waals surface area contributed by atoms with Crippen LogP contribution < -0.4 is 5.32 Å². The van der Waals surface area contributed by atoms with Crippen LogP contribution in [0.4, 0.5) is 0 Å². The average Bonchev–Trinajstić information content (AvgIpc) is 1.65. The molecule has 2 N–H and O–H groups in total. The van der Waals surface area contributed by atoms with Crippen molar-refractivity contribution in [3.05, 3.63) is 0 Å². The van der Waals surface area contributed by atoms with E-state index in [0.717, 1.165) is 6.04 Å². The van der Waals surface area contributed by atoms with E-state index in [9.17, 15) is 0 Å². The van der Waals surface area contributed by atoms with Gasteiger partial charge in [0.2, 0.25) is 0 Å². The molecule has 0 amide bonds. The molecule has 0 aromatic carbocycles. The Bertz CT molecular complexity index is 23.1. The highest BCUT2D eigenvalue weighted by atomic mass is 14.8. The predicted molar refractivity (Wildman–Crippen MR) is 27.6 cm³/mol. The molecule has 0 spiro atoms. The van der Waals surface area contributed by atoms with Gasteiger partial charge in [0.1, 0.15) is 0 Å². The molecule has 1 nitrogen and oxygen atoms in total. The van der Waals surface area contributed by atoms with E-state index in [-0.39, 0.29) is 0 Å². The van der Waals surface area contributed by atoms with E-state index in [4.69, 9.17) is 0 Å². The second-order valence-corrected chi connectivity index (χ2v) is 1.72. The van der Waals surface area contributed by atoms with Crippen molar-refractivity contribution in [3.63, 3.8) is 0 Å². The summed E-state index contributed by atoms with van der Waals surface area (Å²) >= 11 is 0. The van der Waals surface area contributed by atoms with Crippen molar-refractivity contribution in [2.45, 2.75) is 26.3 Å². The van der Waals surface area contributed by atoms with Crippen LogP contribution in [0.5, 0.6) is 0 Å². The molecule has 0 aromatic heterocycles. The summed E-state index contributed by atoms with van der Waals surface area (Å²) in [4.78, 5) is 0. The molecule has 1 atom stereocenters. The van der Waals surface area contributed by atoms with Gasteiger partial charge in [0, 0.05) is 0 Å². The second-order valence-electron chi connectivity index (χ2n) is 1.72. The van der Waals surface area contributed by atoms with Crippen LogP contribution >= 0.6 is 0 Å². The monoisotopic (exact) mass is 88.1 g/mol. The molecular weight excluding hydrogens is 74.1 g/mol. The summed E-state index contributed by atoms with van der Waals surface area (Å²) in [6, 6.07) is 0.810. The molecule has 0 saturated carbocycles. The van der Waals surface area contributed by atoms with Crippen molar-refractivity contribution < 1.29 is 5.32 Å². The predicted octanol–water partition coefficient (Wildman–Crippen LogP) is -0.0219. The Morgan fingerprint density at radius 3 is 2.17 bits per heavy atom. The van der Waals surface area contributed by atoms with Crippen molar-refractivity contribution in [1.29, 1.82) is 0 Å². The molecular formula is C5H14N+. The first kappa shape index (κ1) is 5.96. The number of nitrogens with two attached hydrogens (primary N) is 1. The fourth-order valence-electron chi connectivity index (χ4n) is 0.236.